The molecule has 1 saturated heterocycles. The van der Waals surface area contributed by atoms with Crippen LogP contribution < -0.4 is 10.1 Å². The fourth-order valence-corrected chi connectivity index (χ4v) is 3.88. The fraction of sp³-hybridized carbons (Fsp3) is 0.385. The highest BCUT2D eigenvalue weighted by atomic mass is 16.5. The van der Waals surface area contributed by atoms with Gasteiger partial charge < -0.3 is 19.5 Å². The molecule has 0 saturated carbocycles. The van der Waals surface area contributed by atoms with Crippen LogP contribution in [-0.4, -0.2) is 46.6 Å². The van der Waals surface area contributed by atoms with Crippen molar-refractivity contribution in [3.63, 3.8) is 0 Å². The van der Waals surface area contributed by atoms with Crippen molar-refractivity contribution in [3.05, 3.63) is 65.7 Å². The largest absolute Gasteiger partial charge is 0.481 e. The molecule has 1 N–H and O–H groups in total. The smallest absolute Gasteiger partial charge is 0.243 e. The Labute approximate surface area is 200 Å². The number of carbonyl (C=O) groups excluding carboxylic acids is 2. The summed E-state index contributed by atoms with van der Waals surface area (Å²) in [6.07, 6.45) is 3.36. The first-order valence-electron chi connectivity index (χ1n) is 11.6. The lowest BCUT2D eigenvalue weighted by atomic mass is 10.1. The van der Waals surface area contributed by atoms with E-state index in [2.05, 4.69) is 15.5 Å². The van der Waals surface area contributed by atoms with Crippen molar-refractivity contribution < 1.29 is 18.8 Å². The molecule has 0 aliphatic carbocycles. The van der Waals surface area contributed by atoms with E-state index in [-0.39, 0.29) is 18.2 Å². The van der Waals surface area contributed by atoms with E-state index in [1.54, 1.807) is 24.3 Å². The van der Waals surface area contributed by atoms with Gasteiger partial charge in [0.1, 0.15) is 11.8 Å². The first-order valence-corrected chi connectivity index (χ1v) is 11.6. The van der Waals surface area contributed by atoms with Gasteiger partial charge >= 0.3 is 0 Å². The molecule has 0 bridgehead atoms. The number of amides is 2. The maximum absolute atomic E-state index is 12.8. The topological polar surface area (TPSA) is 97.6 Å². The number of ether oxygens (including phenoxy) is 1. The summed E-state index contributed by atoms with van der Waals surface area (Å²) in [6, 6.07) is 13.0. The summed E-state index contributed by atoms with van der Waals surface area (Å²) in [5.41, 5.74) is 3.74. The van der Waals surface area contributed by atoms with Gasteiger partial charge in [0.15, 0.2) is 0 Å². The molecule has 1 fully saturated rings. The van der Waals surface area contributed by atoms with Gasteiger partial charge in [-0.15, -0.1) is 0 Å². The molecule has 8 nitrogen and oxygen atoms in total. The summed E-state index contributed by atoms with van der Waals surface area (Å²) in [7, 11) is 1.59. The van der Waals surface area contributed by atoms with Crippen molar-refractivity contribution in [2.24, 2.45) is 0 Å². The summed E-state index contributed by atoms with van der Waals surface area (Å²) in [6.45, 7) is 6.79. The van der Waals surface area contributed by atoms with Gasteiger partial charge in [0.2, 0.25) is 17.7 Å². The second-order valence-corrected chi connectivity index (χ2v) is 7.86. The minimum Gasteiger partial charge on any atom is -0.481 e. The molecule has 1 atom stereocenters. The summed E-state index contributed by atoms with van der Waals surface area (Å²) in [4.78, 5) is 31.3. The summed E-state index contributed by atoms with van der Waals surface area (Å²) >= 11 is 0. The minimum atomic E-state index is -0.448. The highest BCUT2D eigenvalue weighted by molar-refractivity contribution is 5.88. The Kier molecular flexibility index (Phi) is 8.79. The number of nitrogens with one attached hydrogen (secondary N) is 1. The predicted molar refractivity (Wildman–Crippen MR) is 129 cm³/mol. The van der Waals surface area contributed by atoms with Crippen LogP contribution in [-0.2, 0) is 22.6 Å². The maximum atomic E-state index is 12.8. The van der Waals surface area contributed by atoms with Gasteiger partial charge in [-0.25, -0.2) is 4.98 Å². The molecule has 3 aromatic rings. The van der Waals surface area contributed by atoms with Crippen molar-refractivity contribution in [2.45, 2.75) is 52.6 Å². The zero-order chi connectivity index (χ0) is 24.5. The molecular weight excluding hydrogens is 432 g/mol. The Bertz CT molecular complexity index is 1080. The number of pyridine rings is 1. The van der Waals surface area contributed by atoms with E-state index in [0.717, 1.165) is 28.8 Å². The number of rotatable bonds is 7. The SMILES string of the molecule is CC.COc1ccc(-c2ccc(CNC(=O)C3CCCN3C(=O)Cc3cc(C)no3)cc2)cn1. The zero-order valence-corrected chi connectivity index (χ0v) is 20.2. The average Bonchev–Trinajstić information content (AvgIpc) is 3.53. The Morgan fingerprint density at radius 3 is 2.50 bits per heavy atom. The van der Waals surface area contributed by atoms with Crippen molar-refractivity contribution >= 4 is 11.8 Å². The molecule has 0 radical (unpaired) electrons. The predicted octanol–water partition coefficient (Wildman–Crippen LogP) is 3.93. The highest BCUT2D eigenvalue weighted by Crippen LogP contribution is 2.22. The van der Waals surface area contributed by atoms with Crippen LogP contribution in [0.5, 0.6) is 5.88 Å². The number of aryl methyl sites for hydroxylation is 1. The van der Waals surface area contributed by atoms with Crippen molar-refractivity contribution in [2.75, 3.05) is 13.7 Å². The number of benzene rings is 1. The van der Waals surface area contributed by atoms with E-state index in [9.17, 15) is 9.59 Å². The molecule has 1 aromatic carbocycles. The third kappa shape index (κ3) is 6.21. The second kappa shape index (κ2) is 12.0. The highest BCUT2D eigenvalue weighted by Gasteiger charge is 2.34. The summed E-state index contributed by atoms with van der Waals surface area (Å²) in [5.74, 6) is 0.846. The lowest BCUT2D eigenvalue weighted by Gasteiger charge is -2.23. The van der Waals surface area contributed by atoms with Gasteiger partial charge in [0, 0.05) is 37.0 Å². The van der Waals surface area contributed by atoms with Gasteiger partial charge in [-0.1, -0.05) is 43.3 Å². The molecule has 2 amide bonds. The maximum Gasteiger partial charge on any atom is 0.243 e. The van der Waals surface area contributed by atoms with Crippen LogP contribution in [0.25, 0.3) is 11.1 Å². The van der Waals surface area contributed by atoms with Gasteiger partial charge in [-0.3, -0.25) is 9.59 Å². The van der Waals surface area contributed by atoms with Crippen LogP contribution in [0.4, 0.5) is 0 Å². The monoisotopic (exact) mass is 464 g/mol. The molecule has 34 heavy (non-hydrogen) atoms. The van der Waals surface area contributed by atoms with Crippen LogP contribution in [0.3, 0.4) is 0 Å². The van der Waals surface area contributed by atoms with Gasteiger partial charge in [-0.05, 0) is 37.0 Å². The average molecular weight is 465 g/mol. The van der Waals surface area contributed by atoms with Crippen LogP contribution >= 0.6 is 0 Å². The number of hydrogen-bond donors (Lipinski definition) is 1. The number of likely N-dealkylation sites (tertiary alicyclic amines) is 1. The Balaban J connectivity index is 0.00000158. The van der Waals surface area contributed by atoms with E-state index in [4.69, 9.17) is 9.26 Å². The number of hydrogen-bond acceptors (Lipinski definition) is 6. The van der Waals surface area contributed by atoms with Gasteiger partial charge in [0.05, 0.1) is 19.2 Å². The standard InChI is InChI=1S/C24H26N4O4.C2H6/c1-16-12-20(32-27-16)13-23(29)28-11-3-4-21(28)24(30)26-14-17-5-7-18(8-6-17)19-9-10-22(31-2)25-15-19;1-2/h5-10,12,15,21H,3-4,11,13-14H2,1-2H3,(H,26,30);1-2H3. The Morgan fingerprint density at radius 2 is 1.88 bits per heavy atom. The molecule has 1 aliphatic rings. The molecule has 1 aliphatic heterocycles. The number of carbonyl (C=O) groups is 2. The molecule has 2 aromatic heterocycles. The third-order valence-electron chi connectivity index (χ3n) is 5.58. The molecular formula is C26H32N4O4. The van der Waals surface area contributed by atoms with Gasteiger partial charge in [-0.2, -0.15) is 0 Å². The van der Waals surface area contributed by atoms with Crippen LogP contribution in [0.2, 0.25) is 0 Å². The summed E-state index contributed by atoms with van der Waals surface area (Å²) < 4.78 is 10.2. The second-order valence-electron chi connectivity index (χ2n) is 7.86. The normalized spacial score (nSPS) is 14.8. The van der Waals surface area contributed by atoms with E-state index in [1.165, 1.54) is 0 Å². The molecule has 8 heteroatoms. The van der Waals surface area contributed by atoms with Crippen LogP contribution in [0.15, 0.2) is 53.2 Å². The molecule has 1 unspecified atom stereocenters. The van der Waals surface area contributed by atoms with Crippen molar-refractivity contribution in [3.8, 4) is 17.0 Å². The molecule has 4 rings (SSSR count). The van der Waals surface area contributed by atoms with E-state index in [1.807, 2.05) is 57.2 Å². The number of aromatic nitrogens is 2. The molecule has 180 valence electrons. The Hall–Kier alpha value is -3.68. The lowest BCUT2D eigenvalue weighted by Crippen LogP contribution is -2.46. The van der Waals surface area contributed by atoms with E-state index in [0.29, 0.717) is 31.2 Å². The first kappa shape index (κ1) is 25.0. The fourth-order valence-electron chi connectivity index (χ4n) is 3.88. The van der Waals surface area contributed by atoms with E-state index < -0.39 is 6.04 Å². The lowest BCUT2D eigenvalue weighted by molar-refractivity contribution is -0.138. The van der Waals surface area contributed by atoms with Crippen LogP contribution in [0.1, 0.15) is 43.7 Å². The molecule has 0 spiro atoms. The first-order chi connectivity index (χ1) is 16.5. The van der Waals surface area contributed by atoms with Crippen molar-refractivity contribution in [1.29, 1.82) is 0 Å². The zero-order valence-electron chi connectivity index (χ0n) is 20.2. The third-order valence-corrected chi connectivity index (χ3v) is 5.58. The van der Waals surface area contributed by atoms with Gasteiger partial charge in [0.25, 0.3) is 0 Å². The number of nitrogens with zero attached hydrogens (tertiary/aromatic N) is 3. The molecule has 3 heterocycles. The quantitative estimate of drug-likeness (QED) is 0.569. The minimum absolute atomic E-state index is 0.115. The van der Waals surface area contributed by atoms with E-state index >= 15 is 0 Å². The van der Waals surface area contributed by atoms with Crippen molar-refractivity contribution in [1.82, 2.24) is 20.4 Å². The summed E-state index contributed by atoms with van der Waals surface area (Å²) in [5, 5.41) is 6.78. The van der Waals surface area contributed by atoms with Crippen LogP contribution in [0, 0.1) is 6.92 Å². The Morgan fingerprint density at radius 1 is 1.15 bits per heavy atom. The number of methoxy groups -OCH3 is 1.